The summed E-state index contributed by atoms with van der Waals surface area (Å²) < 4.78 is 0.632. The number of nitrogens with two attached hydrogens (primary N) is 1. The zero-order valence-electron chi connectivity index (χ0n) is 10.6. The molecule has 20 heavy (non-hydrogen) atoms. The third kappa shape index (κ3) is 3.56. The van der Waals surface area contributed by atoms with Gasteiger partial charge in [0.15, 0.2) is 0 Å². The number of pyridine rings is 1. The Balaban J connectivity index is 2.21. The lowest BCUT2D eigenvalue weighted by atomic mass is 10.0. The molecule has 4 nitrogen and oxygen atoms in total. The third-order valence-electron chi connectivity index (χ3n) is 2.73. The summed E-state index contributed by atoms with van der Waals surface area (Å²) in [6.07, 6.45) is 2.17. The SMILES string of the molecule is NCCc1ccccc1C(=O)Nc1cnc(Cl)c(Br)c1. The van der Waals surface area contributed by atoms with E-state index in [2.05, 4.69) is 26.2 Å². The van der Waals surface area contributed by atoms with Gasteiger partial charge >= 0.3 is 0 Å². The quantitative estimate of drug-likeness (QED) is 0.828. The average molecular weight is 355 g/mol. The molecule has 0 aliphatic heterocycles. The summed E-state index contributed by atoms with van der Waals surface area (Å²) in [6, 6.07) is 9.10. The highest BCUT2D eigenvalue weighted by Crippen LogP contribution is 2.23. The molecule has 104 valence electrons. The molecule has 0 saturated carbocycles. The van der Waals surface area contributed by atoms with E-state index in [1.807, 2.05) is 18.2 Å². The minimum Gasteiger partial charge on any atom is -0.330 e. The fourth-order valence-corrected chi connectivity index (χ4v) is 2.26. The Hall–Kier alpha value is -1.43. The molecule has 0 aliphatic rings. The molecule has 6 heteroatoms. The van der Waals surface area contributed by atoms with Crippen LogP contribution in [0.3, 0.4) is 0 Å². The first kappa shape index (κ1) is 15.0. The van der Waals surface area contributed by atoms with Gasteiger partial charge < -0.3 is 11.1 Å². The molecule has 1 aromatic heterocycles. The lowest BCUT2D eigenvalue weighted by Gasteiger charge is -2.09. The van der Waals surface area contributed by atoms with E-state index >= 15 is 0 Å². The Morgan fingerprint density at radius 2 is 2.15 bits per heavy atom. The molecule has 0 fully saturated rings. The highest BCUT2D eigenvalue weighted by molar-refractivity contribution is 9.10. The van der Waals surface area contributed by atoms with E-state index in [-0.39, 0.29) is 5.91 Å². The number of aromatic nitrogens is 1. The van der Waals surface area contributed by atoms with Crippen LogP contribution in [0.25, 0.3) is 0 Å². The van der Waals surface area contributed by atoms with Gasteiger partial charge in [0, 0.05) is 5.56 Å². The zero-order valence-corrected chi connectivity index (χ0v) is 12.9. The van der Waals surface area contributed by atoms with Crippen molar-refractivity contribution in [1.29, 1.82) is 0 Å². The smallest absolute Gasteiger partial charge is 0.255 e. The number of benzene rings is 1. The molecular weight excluding hydrogens is 342 g/mol. The molecule has 0 spiro atoms. The molecule has 0 aliphatic carbocycles. The van der Waals surface area contributed by atoms with Crippen LogP contribution in [0.1, 0.15) is 15.9 Å². The van der Waals surface area contributed by atoms with E-state index in [0.717, 1.165) is 5.56 Å². The van der Waals surface area contributed by atoms with Gasteiger partial charge in [0.05, 0.1) is 16.4 Å². The normalized spacial score (nSPS) is 10.3. The molecule has 0 bridgehead atoms. The summed E-state index contributed by atoms with van der Waals surface area (Å²) >= 11 is 9.09. The molecule has 3 N–H and O–H groups in total. The Morgan fingerprint density at radius 1 is 1.40 bits per heavy atom. The number of carbonyl (C=O) groups is 1. The van der Waals surface area contributed by atoms with Crippen LogP contribution in [0.4, 0.5) is 5.69 Å². The Kier molecular flexibility index (Phi) is 5.11. The topological polar surface area (TPSA) is 68.0 Å². The van der Waals surface area contributed by atoms with Crippen LogP contribution < -0.4 is 11.1 Å². The van der Waals surface area contributed by atoms with Crippen LogP contribution in [-0.4, -0.2) is 17.4 Å². The number of nitrogens with zero attached hydrogens (tertiary/aromatic N) is 1. The summed E-state index contributed by atoms with van der Waals surface area (Å²) in [6.45, 7) is 0.498. The number of hydrogen-bond donors (Lipinski definition) is 2. The fourth-order valence-electron chi connectivity index (χ4n) is 1.80. The van der Waals surface area contributed by atoms with Crippen LogP contribution in [0.2, 0.25) is 5.15 Å². The minimum atomic E-state index is -0.190. The number of halogens is 2. The van der Waals surface area contributed by atoms with E-state index in [9.17, 15) is 4.79 Å². The van der Waals surface area contributed by atoms with Gasteiger partial charge in [0.25, 0.3) is 5.91 Å². The molecular formula is C14H13BrClN3O. The van der Waals surface area contributed by atoms with Crippen molar-refractivity contribution in [2.45, 2.75) is 6.42 Å². The zero-order chi connectivity index (χ0) is 14.5. The number of anilines is 1. The summed E-state index contributed by atoms with van der Waals surface area (Å²) in [4.78, 5) is 16.2. The average Bonchev–Trinajstić information content (AvgIpc) is 2.44. The van der Waals surface area contributed by atoms with Gasteiger partial charge in [-0.3, -0.25) is 4.79 Å². The molecule has 2 rings (SSSR count). The second-order valence-corrected chi connectivity index (χ2v) is 5.36. The summed E-state index contributed by atoms with van der Waals surface area (Å²) in [5.74, 6) is -0.190. The van der Waals surface area contributed by atoms with Crippen molar-refractivity contribution in [3.8, 4) is 0 Å². The minimum absolute atomic E-state index is 0.190. The van der Waals surface area contributed by atoms with Gasteiger partial charge in [0.1, 0.15) is 5.15 Å². The Labute approximate surface area is 130 Å². The molecule has 0 radical (unpaired) electrons. The first-order valence-electron chi connectivity index (χ1n) is 6.02. The first-order chi connectivity index (χ1) is 9.61. The van der Waals surface area contributed by atoms with Crippen LogP contribution in [0, 0.1) is 0 Å². The summed E-state index contributed by atoms with van der Waals surface area (Å²) in [5, 5.41) is 3.15. The fraction of sp³-hybridized carbons (Fsp3) is 0.143. The maximum absolute atomic E-state index is 12.3. The monoisotopic (exact) mass is 353 g/mol. The molecule has 1 heterocycles. The molecule has 1 aromatic carbocycles. The number of carbonyl (C=O) groups excluding carboxylic acids is 1. The molecule has 2 aromatic rings. The van der Waals surface area contributed by atoms with Crippen LogP contribution >= 0.6 is 27.5 Å². The van der Waals surface area contributed by atoms with Crippen LogP contribution in [-0.2, 0) is 6.42 Å². The van der Waals surface area contributed by atoms with Crippen LogP contribution in [0.5, 0.6) is 0 Å². The number of amides is 1. The van der Waals surface area contributed by atoms with Crippen molar-refractivity contribution in [2.24, 2.45) is 5.73 Å². The number of rotatable bonds is 4. The van der Waals surface area contributed by atoms with Gasteiger partial charge in [-0.05, 0) is 46.6 Å². The molecule has 1 amide bonds. The second-order valence-electron chi connectivity index (χ2n) is 4.15. The lowest BCUT2D eigenvalue weighted by Crippen LogP contribution is -2.16. The van der Waals surface area contributed by atoms with Gasteiger partial charge in [0.2, 0.25) is 0 Å². The highest BCUT2D eigenvalue weighted by Gasteiger charge is 2.11. The van der Waals surface area contributed by atoms with Gasteiger partial charge in [-0.1, -0.05) is 29.8 Å². The van der Waals surface area contributed by atoms with Crippen molar-refractivity contribution in [3.63, 3.8) is 0 Å². The Bertz CT molecular complexity index is 634. The second kappa shape index (κ2) is 6.83. The van der Waals surface area contributed by atoms with Gasteiger partial charge in [-0.15, -0.1) is 0 Å². The largest absolute Gasteiger partial charge is 0.330 e. The third-order valence-corrected chi connectivity index (χ3v) is 3.86. The van der Waals surface area contributed by atoms with Gasteiger partial charge in [-0.25, -0.2) is 4.98 Å². The predicted molar refractivity (Wildman–Crippen MR) is 84.1 cm³/mol. The maximum atomic E-state index is 12.3. The molecule has 0 atom stereocenters. The van der Waals surface area contributed by atoms with Crippen molar-refractivity contribution in [3.05, 3.63) is 57.3 Å². The van der Waals surface area contributed by atoms with E-state index in [0.29, 0.717) is 33.8 Å². The first-order valence-corrected chi connectivity index (χ1v) is 7.19. The molecule has 0 saturated heterocycles. The standard InChI is InChI=1S/C14H13BrClN3O/c15-12-7-10(8-18-13(12)16)19-14(20)11-4-2-1-3-9(11)5-6-17/h1-4,7-8H,5-6,17H2,(H,19,20). The summed E-state index contributed by atoms with van der Waals surface area (Å²) in [5.41, 5.74) is 7.67. The predicted octanol–water partition coefficient (Wildman–Crippen LogP) is 3.25. The number of nitrogens with one attached hydrogen (secondary N) is 1. The Morgan fingerprint density at radius 3 is 2.85 bits per heavy atom. The molecule has 0 unspecified atom stereocenters. The van der Waals surface area contributed by atoms with Crippen molar-refractivity contribution < 1.29 is 4.79 Å². The number of hydrogen-bond acceptors (Lipinski definition) is 3. The van der Waals surface area contributed by atoms with E-state index in [4.69, 9.17) is 17.3 Å². The van der Waals surface area contributed by atoms with Crippen molar-refractivity contribution in [2.75, 3.05) is 11.9 Å². The van der Waals surface area contributed by atoms with Crippen LogP contribution in [0.15, 0.2) is 41.0 Å². The van der Waals surface area contributed by atoms with E-state index in [1.54, 1.807) is 12.1 Å². The van der Waals surface area contributed by atoms with Crippen molar-refractivity contribution in [1.82, 2.24) is 4.98 Å². The summed E-state index contributed by atoms with van der Waals surface area (Å²) in [7, 11) is 0. The maximum Gasteiger partial charge on any atom is 0.255 e. The van der Waals surface area contributed by atoms with E-state index in [1.165, 1.54) is 6.20 Å². The van der Waals surface area contributed by atoms with Crippen molar-refractivity contribution >= 4 is 39.1 Å². The highest BCUT2D eigenvalue weighted by atomic mass is 79.9. The van der Waals surface area contributed by atoms with Gasteiger partial charge in [-0.2, -0.15) is 0 Å². The lowest BCUT2D eigenvalue weighted by molar-refractivity contribution is 0.102. The van der Waals surface area contributed by atoms with E-state index < -0.39 is 0 Å².